The van der Waals surface area contributed by atoms with Gasteiger partial charge in [0.05, 0.1) is 5.02 Å². The quantitative estimate of drug-likeness (QED) is 0.900. The van der Waals surface area contributed by atoms with Gasteiger partial charge in [0.2, 0.25) is 15.9 Å². The van der Waals surface area contributed by atoms with E-state index in [1.54, 1.807) is 32.0 Å². The van der Waals surface area contributed by atoms with Crippen LogP contribution in [0.5, 0.6) is 0 Å². The van der Waals surface area contributed by atoms with E-state index >= 15 is 0 Å². The number of carbonyl (C=O) groups excluding carboxylic acids is 1. The Balaban J connectivity index is 2.51. The smallest absolute Gasteiger partial charge is 0.245 e. The van der Waals surface area contributed by atoms with Crippen LogP contribution in [0, 0.1) is 6.92 Å². The van der Waals surface area contributed by atoms with Gasteiger partial charge in [-0.05, 0) is 31.9 Å². The summed E-state index contributed by atoms with van der Waals surface area (Å²) >= 11 is 6.05. The van der Waals surface area contributed by atoms with Gasteiger partial charge in [-0.3, -0.25) is 4.79 Å². The summed E-state index contributed by atoms with van der Waals surface area (Å²) in [5.41, 5.74) is 0.578. The van der Waals surface area contributed by atoms with Gasteiger partial charge in [0, 0.05) is 13.1 Å². The highest BCUT2D eigenvalue weighted by atomic mass is 35.5. The Labute approximate surface area is 124 Å². The molecule has 20 heavy (non-hydrogen) atoms. The molecule has 0 radical (unpaired) electrons. The Morgan fingerprint density at radius 3 is 2.75 bits per heavy atom. The first-order chi connectivity index (χ1) is 9.35. The van der Waals surface area contributed by atoms with Gasteiger partial charge in [-0.15, -0.1) is 0 Å². The molecule has 1 aliphatic heterocycles. The van der Waals surface area contributed by atoms with E-state index in [1.165, 1.54) is 4.31 Å². The predicted octanol–water partition coefficient (Wildman–Crippen LogP) is 1.55. The molecule has 1 fully saturated rings. The van der Waals surface area contributed by atoms with Crippen molar-refractivity contribution in [2.24, 2.45) is 0 Å². The molecule has 1 atom stereocenters. The van der Waals surface area contributed by atoms with Crippen molar-refractivity contribution in [3.8, 4) is 0 Å². The largest absolute Gasteiger partial charge is 0.355 e. The van der Waals surface area contributed by atoms with Crippen molar-refractivity contribution in [2.75, 3.05) is 13.1 Å². The van der Waals surface area contributed by atoms with Crippen LogP contribution < -0.4 is 5.32 Å². The van der Waals surface area contributed by atoms with Gasteiger partial charge in [-0.1, -0.05) is 23.7 Å². The van der Waals surface area contributed by atoms with Crippen molar-refractivity contribution in [2.45, 2.75) is 31.2 Å². The number of benzene rings is 1. The molecule has 7 heteroatoms. The summed E-state index contributed by atoms with van der Waals surface area (Å²) in [6.07, 6.45) is 0.582. The fraction of sp³-hybridized carbons (Fsp3) is 0.462. The monoisotopic (exact) mass is 316 g/mol. The van der Waals surface area contributed by atoms with E-state index in [-0.39, 0.29) is 15.8 Å². The summed E-state index contributed by atoms with van der Waals surface area (Å²) in [5, 5.41) is 2.88. The van der Waals surface area contributed by atoms with Crippen LogP contribution in [0.15, 0.2) is 23.1 Å². The van der Waals surface area contributed by atoms with Crippen LogP contribution in [0.2, 0.25) is 5.02 Å². The Morgan fingerprint density at radius 2 is 2.10 bits per heavy atom. The standard InChI is InChI=1S/C13H17ClN2O3S/c1-9-5-3-6-11(14)12(9)20(18,19)16-8-4-7-15-13(17)10(16)2/h3,5-6,10H,4,7-8H2,1-2H3,(H,15,17)/t10-/m0/s1. The maximum atomic E-state index is 12.8. The summed E-state index contributed by atoms with van der Waals surface area (Å²) in [6.45, 7) is 4.06. The zero-order valence-electron chi connectivity index (χ0n) is 11.4. The minimum absolute atomic E-state index is 0.0863. The predicted molar refractivity (Wildman–Crippen MR) is 77.2 cm³/mol. The molecular formula is C13H17ClN2O3S. The number of hydrogen-bond donors (Lipinski definition) is 1. The summed E-state index contributed by atoms with van der Waals surface area (Å²) < 4.78 is 26.8. The number of nitrogens with one attached hydrogen (secondary N) is 1. The molecule has 0 unspecified atom stereocenters. The van der Waals surface area contributed by atoms with Crippen LogP contribution in [-0.4, -0.2) is 37.8 Å². The molecule has 1 aliphatic rings. The van der Waals surface area contributed by atoms with E-state index in [2.05, 4.69) is 5.32 Å². The summed E-state index contributed by atoms with van der Waals surface area (Å²) in [6, 6.07) is 4.21. The van der Waals surface area contributed by atoms with Crippen LogP contribution >= 0.6 is 11.6 Å². The van der Waals surface area contributed by atoms with Gasteiger partial charge in [-0.2, -0.15) is 4.31 Å². The highest BCUT2D eigenvalue weighted by Gasteiger charge is 2.36. The van der Waals surface area contributed by atoms with Crippen molar-refractivity contribution in [3.63, 3.8) is 0 Å². The Hall–Kier alpha value is -1.11. The fourth-order valence-electron chi connectivity index (χ4n) is 2.31. The maximum Gasteiger partial charge on any atom is 0.245 e. The molecule has 1 amide bonds. The normalized spacial score (nSPS) is 21.4. The van der Waals surface area contributed by atoms with Gasteiger partial charge in [0.1, 0.15) is 10.9 Å². The van der Waals surface area contributed by atoms with Crippen LogP contribution in [-0.2, 0) is 14.8 Å². The highest BCUT2D eigenvalue weighted by molar-refractivity contribution is 7.89. The molecule has 1 aromatic carbocycles. The van der Waals surface area contributed by atoms with Crippen LogP contribution in [0.1, 0.15) is 18.9 Å². The molecule has 0 aromatic heterocycles. The van der Waals surface area contributed by atoms with E-state index in [4.69, 9.17) is 11.6 Å². The number of hydrogen-bond acceptors (Lipinski definition) is 3. The van der Waals surface area contributed by atoms with Gasteiger partial charge in [0.25, 0.3) is 0 Å². The average molecular weight is 317 g/mol. The third-order valence-corrected chi connectivity index (χ3v) is 6.00. The topological polar surface area (TPSA) is 66.5 Å². The Bertz CT molecular complexity index is 610. The number of halogens is 1. The summed E-state index contributed by atoms with van der Waals surface area (Å²) in [4.78, 5) is 11.9. The van der Waals surface area contributed by atoms with Gasteiger partial charge in [-0.25, -0.2) is 8.42 Å². The van der Waals surface area contributed by atoms with Crippen molar-refractivity contribution in [1.29, 1.82) is 0 Å². The molecular weight excluding hydrogens is 300 g/mol. The molecule has 1 saturated heterocycles. The van der Waals surface area contributed by atoms with Gasteiger partial charge < -0.3 is 5.32 Å². The van der Waals surface area contributed by atoms with Crippen molar-refractivity contribution < 1.29 is 13.2 Å². The van der Waals surface area contributed by atoms with Crippen LogP contribution in [0.25, 0.3) is 0 Å². The van der Waals surface area contributed by atoms with Gasteiger partial charge >= 0.3 is 0 Å². The molecule has 0 aliphatic carbocycles. The summed E-state index contributed by atoms with van der Waals surface area (Å²) in [7, 11) is -3.79. The first-order valence-electron chi connectivity index (χ1n) is 6.40. The number of rotatable bonds is 2. The number of carbonyl (C=O) groups is 1. The van der Waals surface area contributed by atoms with E-state index in [9.17, 15) is 13.2 Å². The molecule has 1 aromatic rings. The minimum Gasteiger partial charge on any atom is -0.355 e. The van der Waals surface area contributed by atoms with Crippen molar-refractivity contribution in [3.05, 3.63) is 28.8 Å². The Morgan fingerprint density at radius 1 is 1.40 bits per heavy atom. The SMILES string of the molecule is Cc1cccc(Cl)c1S(=O)(=O)N1CCCNC(=O)[C@@H]1C. The molecule has 0 saturated carbocycles. The van der Waals surface area contributed by atoms with Crippen LogP contribution in [0.4, 0.5) is 0 Å². The first-order valence-corrected chi connectivity index (χ1v) is 8.22. The molecule has 1 heterocycles. The van der Waals surface area contributed by atoms with Crippen molar-refractivity contribution >= 4 is 27.5 Å². The lowest BCUT2D eigenvalue weighted by Gasteiger charge is -2.26. The maximum absolute atomic E-state index is 12.8. The third-order valence-electron chi connectivity index (χ3n) is 3.40. The second-order valence-electron chi connectivity index (χ2n) is 4.82. The Kier molecular flexibility index (Phi) is 4.36. The van der Waals surface area contributed by atoms with Crippen molar-refractivity contribution in [1.82, 2.24) is 9.62 Å². The lowest BCUT2D eigenvalue weighted by atomic mass is 10.2. The second kappa shape index (κ2) is 5.71. The minimum atomic E-state index is -3.79. The van der Waals surface area contributed by atoms with E-state index in [0.717, 1.165) is 0 Å². The van der Waals surface area contributed by atoms with Crippen LogP contribution in [0.3, 0.4) is 0 Å². The number of sulfonamides is 1. The molecule has 0 bridgehead atoms. The van der Waals surface area contributed by atoms with E-state index < -0.39 is 16.1 Å². The highest BCUT2D eigenvalue weighted by Crippen LogP contribution is 2.29. The molecule has 110 valence electrons. The summed E-state index contributed by atoms with van der Waals surface area (Å²) in [5.74, 6) is -0.282. The first kappa shape index (κ1) is 15.3. The lowest BCUT2D eigenvalue weighted by Crippen LogP contribution is -2.45. The second-order valence-corrected chi connectivity index (χ2v) is 7.06. The number of aryl methyl sites for hydroxylation is 1. The number of nitrogens with zero attached hydrogens (tertiary/aromatic N) is 1. The third kappa shape index (κ3) is 2.68. The van der Waals surface area contributed by atoms with E-state index in [0.29, 0.717) is 25.1 Å². The molecule has 1 N–H and O–H groups in total. The fourth-order valence-corrected chi connectivity index (χ4v) is 4.73. The van der Waals surface area contributed by atoms with Gasteiger partial charge in [0.15, 0.2) is 0 Å². The molecule has 2 rings (SSSR count). The molecule has 0 spiro atoms. The zero-order chi connectivity index (χ0) is 14.9. The number of amides is 1. The zero-order valence-corrected chi connectivity index (χ0v) is 13.0. The lowest BCUT2D eigenvalue weighted by molar-refractivity contribution is -0.123. The van der Waals surface area contributed by atoms with E-state index in [1.807, 2.05) is 0 Å². The molecule has 5 nitrogen and oxygen atoms in total. The average Bonchev–Trinajstić information content (AvgIpc) is 2.52.